The molecule has 0 aliphatic heterocycles. The largest absolute Gasteiger partial charge is 0.492 e. The number of hydrogen-bond donors (Lipinski definition) is 2. The molecule has 0 heterocycles. The molecule has 1 aromatic rings. The number of amides is 1. The molecule has 1 rings (SSSR count). The lowest BCUT2D eigenvalue weighted by molar-refractivity contribution is -0.137. The highest BCUT2D eigenvalue weighted by molar-refractivity contribution is 6.42. The van der Waals surface area contributed by atoms with Crippen molar-refractivity contribution in [3.8, 4) is 5.75 Å². The van der Waals surface area contributed by atoms with Crippen molar-refractivity contribution in [3.63, 3.8) is 0 Å². The first-order valence-electron chi connectivity index (χ1n) is 5.56. The third-order valence-electron chi connectivity index (χ3n) is 2.16. The maximum absolute atomic E-state index is 11.2. The zero-order valence-corrected chi connectivity index (χ0v) is 11.5. The monoisotopic (exact) mass is 305 g/mol. The topological polar surface area (TPSA) is 75.6 Å². The highest BCUT2D eigenvalue weighted by atomic mass is 35.5. The van der Waals surface area contributed by atoms with Crippen molar-refractivity contribution in [2.24, 2.45) is 0 Å². The van der Waals surface area contributed by atoms with Gasteiger partial charge in [-0.15, -0.1) is 0 Å². The van der Waals surface area contributed by atoms with E-state index in [2.05, 4.69) is 5.32 Å². The van der Waals surface area contributed by atoms with E-state index in [-0.39, 0.29) is 18.9 Å². The molecule has 19 heavy (non-hydrogen) atoms. The Hall–Kier alpha value is -1.46. The van der Waals surface area contributed by atoms with E-state index in [9.17, 15) is 9.59 Å². The predicted octanol–water partition coefficient (Wildman–Crippen LogP) is 2.35. The van der Waals surface area contributed by atoms with Crippen LogP contribution in [0.3, 0.4) is 0 Å². The fourth-order valence-electron chi connectivity index (χ4n) is 1.27. The number of nitrogens with one attached hydrogen (secondary N) is 1. The van der Waals surface area contributed by atoms with Gasteiger partial charge in [-0.2, -0.15) is 0 Å². The number of ether oxygens (including phenoxy) is 1. The summed E-state index contributed by atoms with van der Waals surface area (Å²) in [4.78, 5) is 21.4. The molecule has 1 amide bonds. The molecular weight excluding hydrogens is 293 g/mol. The molecule has 0 aliphatic rings. The average Bonchev–Trinajstić information content (AvgIpc) is 2.37. The fraction of sp³-hybridized carbons (Fsp3) is 0.333. The van der Waals surface area contributed by atoms with Crippen LogP contribution in [0, 0.1) is 0 Å². The fourth-order valence-corrected chi connectivity index (χ4v) is 1.62. The van der Waals surface area contributed by atoms with Crippen molar-refractivity contribution < 1.29 is 19.4 Å². The predicted molar refractivity (Wildman–Crippen MR) is 71.8 cm³/mol. The number of hydrogen-bond acceptors (Lipinski definition) is 3. The van der Waals surface area contributed by atoms with E-state index < -0.39 is 5.97 Å². The smallest absolute Gasteiger partial charge is 0.322 e. The highest BCUT2D eigenvalue weighted by Crippen LogP contribution is 2.31. The summed E-state index contributed by atoms with van der Waals surface area (Å²) in [6, 6.07) is 5.04. The maximum atomic E-state index is 11.2. The quantitative estimate of drug-likeness (QED) is 0.758. The van der Waals surface area contributed by atoms with Gasteiger partial charge in [-0.05, 0) is 18.6 Å². The van der Waals surface area contributed by atoms with Gasteiger partial charge in [0.2, 0.25) is 5.91 Å². The normalized spacial score (nSPS) is 10.0. The standard InChI is InChI=1S/C12H13Cl2NO4/c13-8-3-1-4-9(12(8)14)19-6-2-5-10(16)15-7-11(17)18/h1,3-4H,2,5-7H2,(H,15,16)(H,17,18). The molecule has 0 aromatic heterocycles. The van der Waals surface area contributed by atoms with Crippen LogP contribution in [0.4, 0.5) is 0 Å². The molecule has 0 radical (unpaired) electrons. The summed E-state index contributed by atoms with van der Waals surface area (Å²) in [5.74, 6) is -0.946. The minimum atomic E-state index is -1.07. The summed E-state index contributed by atoms with van der Waals surface area (Å²) in [6.45, 7) is -0.0830. The second kappa shape index (κ2) is 7.86. The van der Waals surface area contributed by atoms with E-state index in [1.807, 2.05) is 0 Å². The number of carboxylic acids is 1. The Morgan fingerprint density at radius 1 is 1.32 bits per heavy atom. The Labute approximate surface area is 120 Å². The molecule has 0 saturated heterocycles. The Morgan fingerprint density at radius 3 is 2.74 bits per heavy atom. The third-order valence-corrected chi connectivity index (χ3v) is 2.96. The first-order chi connectivity index (χ1) is 9.00. The molecule has 0 bridgehead atoms. The van der Waals surface area contributed by atoms with Gasteiger partial charge in [0, 0.05) is 6.42 Å². The van der Waals surface area contributed by atoms with Crippen LogP contribution in [-0.2, 0) is 9.59 Å². The number of carbonyl (C=O) groups excluding carboxylic acids is 1. The number of benzene rings is 1. The van der Waals surface area contributed by atoms with E-state index in [1.54, 1.807) is 18.2 Å². The summed E-state index contributed by atoms with van der Waals surface area (Å²) in [6.07, 6.45) is 0.639. The first-order valence-corrected chi connectivity index (χ1v) is 6.31. The second-order valence-electron chi connectivity index (χ2n) is 3.67. The minimum absolute atomic E-state index is 0.186. The van der Waals surface area contributed by atoms with Gasteiger partial charge < -0.3 is 15.2 Å². The Kier molecular flexibility index (Phi) is 6.45. The highest BCUT2D eigenvalue weighted by Gasteiger charge is 2.06. The lowest BCUT2D eigenvalue weighted by Crippen LogP contribution is -2.29. The lowest BCUT2D eigenvalue weighted by Gasteiger charge is -2.08. The van der Waals surface area contributed by atoms with Crippen molar-refractivity contribution in [3.05, 3.63) is 28.2 Å². The van der Waals surface area contributed by atoms with E-state index >= 15 is 0 Å². The van der Waals surface area contributed by atoms with Crippen molar-refractivity contribution in [1.82, 2.24) is 5.32 Å². The third kappa shape index (κ3) is 5.81. The molecule has 0 spiro atoms. The molecule has 0 atom stereocenters. The van der Waals surface area contributed by atoms with Crippen molar-refractivity contribution >= 4 is 35.1 Å². The van der Waals surface area contributed by atoms with E-state index in [0.29, 0.717) is 28.8 Å². The van der Waals surface area contributed by atoms with Gasteiger partial charge in [-0.1, -0.05) is 29.3 Å². The Balaban J connectivity index is 2.25. The van der Waals surface area contributed by atoms with Gasteiger partial charge in [0.1, 0.15) is 17.3 Å². The zero-order valence-electron chi connectivity index (χ0n) is 9.99. The number of carboxylic acid groups (broad SMARTS) is 1. The molecule has 0 fully saturated rings. The first kappa shape index (κ1) is 15.6. The van der Waals surface area contributed by atoms with Gasteiger partial charge in [0.15, 0.2) is 0 Å². The van der Waals surface area contributed by atoms with Crippen molar-refractivity contribution in [2.75, 3.05) is 13.2 Å². The molecule has 104 valence electrons. The zero-order chi connectivity index (χ0) is 14.3. The molecular formula is C12H13Cl2NO4. The van der Waals surface area contributed by atoms with Gasteiger partial charge in [-0.25, -0.2) is 0 Å². The Bertz CT molecular complexity index is 465. The van der Waals surface area contributed by atoms with Crippen LogP contribution >= 0.6 is 23.2 Å². The number of carbonyl (C=O) groups is 2. The van der Waals surface area contributed by atoms with E-state index in [4.69, 9.17) is 33.0 Å². The van der Waals surface area contributed by atoms with Crippen molar-refractivity contribution in [1.29, 1.82) is 0 Å². The van der Waals surface area contributed by atoms with E-state index in [0.717, 1.165) is 0 Å². The molecule has 7 heteroatoms. The molecule has 0 aliphatic carbocycles. The van der Waals surface area contributed by atoms with Crippen LogP contribution in [0.2, 0.25) is 10.0 Å². The molecule has 0 saturated carbocycles. The number of halogens is 2. The van der Waals surface area contributed by atoms with Crippen LogP contribution in [0.1, 0.15) is 12.8 Å². The van der Waals surface area contributed by atoms with Crippen LogP contribution in [0.25, 0.3) is 0 Å². The lowest BCUT2D eigenvalue weighted by atomic mass is 10.3. The number of rotatable bonds is 7. The minimum Gasteiger partial charge on any atom is -0.492 e. The van der Waals surface area contributed by atoms with Gasteiger partial charge >= 0.3 is 5.97 Å². The summed E-state index contributed by atoms with van der Waals surface area (Å²) >= 11 is 11.7. The molecule has 2 N–H and O–H groups in total. The molecule has 1 aromatic carbocycles. The molecule has 5 nitrogen and oxygen atoms in total. The second-order valence-corrected chi connectivity index (χ2v) is 4.46. The maximum Gasteiger partial charge on any atom is 0.322 e. The average molecular weight is 306 g/mol. The van der Waals surface area contributed by atoms with Gasteiger partial charge in [0.25, 0.3) is 0 Å². The SMILES string of the molecule is O=C(O)CNC(=O)CCCOc1cccc(Cl)c1Cl. The summed E-state index contributed by atoms with van der Waals surface area (Å²) in [7, 11) is 0. The van der Waals surface area contributed by atoms with Crippen LogP contribution < -0.4 is 10.1 Å². The molecule has 0 unspecified atom stereocenters. The van der Waals surface area contributed by atoms with Crippen molar-refractivity contribution in [2.45, 2.75) is 12.8 Å². The van der Waals surface area contributed by atoms with Crippen LogP contribution in [0.15, 0.2) is 18.2 Å². The summed E-state index contributed by atoms with van der Waals surface area (Å²) < 4.78 is 5.38. The van der Waals surface area contributed by atoms with Crippen LogP contribution in [0.5, 0.6) is 5.75 Å². The Morgan fingerprint density at radius 2 is 2.05 bits per heavy atom. The van der Waals surface area contributed by atoms with E-state index in [1.165, 1.54) is 0 Å². The summed E-state index contributed by atoms with van der Waals surface area (Å²) in [5, 5.41) is 11.4. The number of aliphatic carboxylic acids is 1. The van der Waals surface area contributed by atoms with Gasteiger partial charge in [0.05, 0.1) is 11.6 Å². The summed E-state index contributed by atoms with van der Waals surface area (Å²) in [5.41, 5.74) is 0. The van der Waals surface area contributed by atoms with Gasteiger partial charge in [-0.3, -0.25) is 9.59 Å². The van der Waals surface area contributed by atoms with Crippen LogP contribution in [-0.4, -0.2) is 30.1 Å².